The molecule has 0 bridgehead atoms. The zero-order chi connectivity index (χ0) is 14.3. The lowest BCUT2D eigenvalue weighted by molar-refractivity contribution is -0.123. The Kier molecular flexibility index (Phi) is 6.27. The summed E-state index contributed by atoms with van der Waals surface area (Å²) < 4.78 is 13.3. The largest absolute Gasteiger partial charge is 0.394 e. The van der Waals surface area contributed by atoms with Crippen LogP contribution in [-0.2, 0) is 4.79 Å². The Bertz CT molecular complexity index is 424. The van der Waals surface area contributed by atoms with E-state index in [4.69, 9.17) is 10.2 Å². The van der Waals surface area contributed by atoms with Gasteiger partial charge in [-0.3, -0.25) is 4.79 Å². The van der Waals surface area contributed by atoms with Gasteiger partial charge in [-0.1, -0.05) is 12.1 Å². The molecule has 19 heavy (non-hydrogen) atoms. The highest BCUT2D eigenvalue weighted by Gasteiger charge is 2.24. The molecule has 0 aliphatic rings. The number of hydrogen-bond donors (Lipinski definition) is 3. The van der Waals surface area contributed by atoms with Gasteiger partial charge in [-0.25, -0.2) is 4.39 Å². The van der Waals surface area contributed by atoms with Crippen LogP contribution in [-0.4, -0.2) is 40.6 Å². The standard InChI is InChI=1S/C13H18FNO3S/c1-13(8-16,9-17)15-12(18)6-7-19-11-5-3-2-4-10(11)14/h2-5,16-17H,6-9H2,1H3,(H,15,18). The lowest BCUT2D eigenvalue weighted by atomic mass is 10.1. The summed E-state index contributed by atoms with van der Waals surface area (Å²) in [4.78, 5) is 12.1. The van der Waals surface area contributed by atoms with Crippen molar-refractivity contribution in [3.8, 4) is 0 Å². The molecule has 3 N–H and O–H groups in total. The summed E-state index contributed by atoms with van der Waals surface area (Å²) in [6.45, 7) is 0.875. The fraction of sp³-hybridized carbons (Fsp3) is 0.462. The Labute approximate surface area is 116 Å². The summed E-state index contributed by atoms with van der Waals surface area (Å²) in [5.74, 6) is -0.155. The minimum atomic E-state index is -1.01. The maximum atomic E-state index is 13.3. The van der Waals surface area contributed by atoms with Gasteiger partial charge in [-0.15, -0.1) is 11.8 Å². The highest BCUT2D eigenvalue weighted by atomic mass is 32.2. The smallest absolute Gasteiger partial charge is 0.221 e. The van der Waals surface area contributed by atoms with Gasteiger partial charge in [0.25, 0.3) is 0 Å². The predicted octanol–water partition coefficient (Wildman–Crippen LogP) is 1.17. The highest BCUT2D eigenvalue weighted by molar-refractivity contribution is 7.99. The quantitative estimate of drug-likeness (QED) is 0.658. The van der Waals surface area contributed by atoms with Crippen molar-refractivity contribution in [1.82, 2.24) is 5.32 Å². The van der Waals surface area contributed by atoms with Crippen molar-refractivity contribution in [2.45, 2.75) is 23.8 Å². The Balaban J connectivity index is 2.37. The van der Waals surface area contributed by atoms with Gasteiger partial charge in [0.1, 0.15) is 5.82 Å². The molecule has 0 aliphatic carbocycles. The molecule has 1 rings (SSSR count). The van der Waals surface area contributed by atoms with Gasteiger partial charge in [-0.05, 0) is 19.1 Å². The number of thioether (sulfide) groups is 1. The number of rotatable bonds is 7. The monoisotopic (exact) mass is 287 g/mol. The molecule has 0 saturated carbocycles. The van der Waals surface area contributed by atoms with Crippen LogP contribution in [0.25, 0.3) is 0 Å². The lowest BCUT2D eigenvalue weighted by Gasteiger charge is -2.26. The minimum absolute atomic E-state index is 0.189. The molecule has 0 spiro atoms. The zero-order valence-corrected chi connectivity index (χ0v) is 11.5. The molecular weight excluding hydrogens is 269 g/mol. The second-order valence-corrected chi connectivity index (χ2v) is 5.59. The third-order valence-electron chi connectivity index (χ3n) is 2.56. The van der Waals surface area contributed by atoms with E-state index in [9.17, 15) is 9.18 Å². The van der Waals surface area contributed by atoms with Crippen molar-refractivity contribution in [3.05, 3.63) is 30.1 Å². The zero-order valence-electron chi connectivity index (χ0n) is 10.7. The number of benzene rings is 1. The fourth-order valence-corrected chi connectivity index (χ4v) is 2.23. The molecule has 0 aromatic heterocycles. The van der Waals surface area contributed by atoms with Gasteiger partial charge in [0.15, 0.2) is 0 Å². The van der Waals surface area contributed by atoms with Gasteiger partial charge in [0.2, 0.25) is 5.91 Å². The molecule has 0 fully saturated rings. The van der Waals surface area contributed by atoms with Crippen molar-refractivity contribution in [1.29, 1.82) is 0 Å². The fourth-order valence-electron chi connectivity index (χ4n) is 1.34. The van der Waals surface area contributed by atoms with Crippen LogP contribution < -0.4 is 5.32 Å². The van der Waals surface area contributed by atoms with Crippen LogP contribution in [0.4, 0.5) is 4.39 Å². The molecule has 1 aromatic carbocycles. The summed E-state index contributed by atoms with van der Waals surface area (Å²) in [7, 11) is 0. The first kappa shape index (κ1) is 15.9. The summed E-state index contributed by atoms with van der Waals surface area (Å²) in [6, 6.07) is 6.38. The summed E-state index contributed by atoms with van der Waals surface area (Å²) in [5, 5.41) is 20.6. The Morgan fingerprint density at radius 3 is 2.58 bits per heavy atom. The number of aliphatic hydroxyl groups is 2. The second kappa shape index (κ2) is 7.47. The summed E-state index contributed by atoms with van der Waals surface area (Å²) in [5.41, 5.74) is -1.01. The molecule has 1 amide bonds. The number of amides is 1. The average molecular weight is 287 g/mol. The Morgan fingerprint density at radius 2 is 2.00 bits per heavy atom. The molecule has 0 atom stereocenters. The van der Waals surface area contributed by atoms with E-state index in [2.05, 4.69) is 5.32 Å². The van der Waals surface area contributed by atoms with E-state index in [0.29, 0.717) is 10.6 Å². The first-order chi connectivity index (χ1) is 9.00. The molecular formula is C13H18FNO3S. The first-order valence-corrected chi connectivity index (χ1v) is 6.89. The molecule has 0 unspecified atom stereocenters. The molecule has 6 heteroatoms. The van der Waals surface area contributed by atoms with Gasteiger partial charge in [0, 0.05) is 17.1 Å². The van der Waals surface area contributed by atoms with E-state index in [1.165, 1.54) is 17.8 Å². The van der Waals surface area contributed by atoms with E-state index < -0.39 is 5.54 Å². The SMILES string of the molecule is CC(CO)(CO)NC(=O)CCSc1ccccc1F. The van der Waals surface area contributed by atoms with Crippen molar-refractivity contribution >= 4 is 17.7 Å². The predicted molar refractivity (Wildman–Crippen MR) is 72.5 cm³/mol. The van der Waals surface area contributed by atoms with E-state index in [0.717, 1.165) is 0 Å². The number of aliphatic hydroxyl groups excluding tert-OH is 2. The van der Waals surface area contributed by atoms with Crippen LogP contribution in [0.2, 0.25) is 0 Å². The highest BCUT2D eigenvalue weighted by Crippen LogP contribution is 2.21. The first-order valence-electron chi connectivity index (χ1n) is 5.91. The second-order valence-electron chi connectivity index (χ2n) is 4.45. The summed E-state index contributed by atoms with van der Waals surface area (Å²) in [6.07, 6.45) is 0.189. The van der Waals surface area contributed by atoms with Crippen molar-refractivity contribution < 1.29 is 19.4 Å². The van der Waals surface area contributed by atoms with E-state index in [-0.39, 0.29) is 31.4 Å². The molecule has 0 heterocycles. The topological polar surface area (TPSA) is 69.6 Å². The van der Waals surface area contributed by atoms with Gasteiger partial charge in [0.05, 0.1) is 18.8 Å². The van der Waals surface area contributed by atoms with Crippen LogP contribution in [0.1, 0.15) is 13.3 Å². The minimum Gasteiger partial charge on any atom is -0.394 e. The molecule has 1 aromatic rings. The van der Waals surface area contributed by atoms with Crippen molar-refractivity contribution in [2.75, 3.05) is 19.0 Å². The number of hydrogen-bond acceptors (Lipinski definition) is 4. The van der Waals surface area contributed by atoms with E-state index in [1.807, 2.05) is 0 Å². The molecule has 106 valence electrons. The van der Waals surface area contributed by atoms with Crippen LogP contribution in [0.5, 0.6) is 0 Å². The number of carbonyl (C=O) groups excluding carboxylic acids is 1. The van der Waals surface area contributed by atoms with Crippen molar-refractivity contribution in [3.63, 3.8) is 0 Å². The third kappa shape index (κ3) is 5.18. The van der Waals surface area contributed by atoms with E-state index >= 15 is 0 Å². The number of carbonyl (C=O) groups is 1. The summed E-state index contributed by atoms with van der Waals surface area (Å²) >= 11 is 1.26. The molecule has 4 nitrogen and oxygen atoms in total. The van der Waals surface area contributed by atoms with Crippen LogP contribution in [0.3, 0.4) is 0 Å². The normalized spacial score (nSPS) is 11.4. The van der Waals surface area contributed by atoms with Gasteiger partial charge < -0.3 is 15.5 Å². The Morgan fingerprint density at radius 1 is 1.37 bits per heavy atom. The maximum absolute atomic E-state index is 13.3. The number of nitrogens with one attached hydrogen (secondary N) is 1. The third-order valence-corrected chi connectivity index (χ3v) is 3.61. The maximum Gasteiger partial charge on any atom is 0.221 e. The average Bonchev–Trinajstić information content (AvgIpc) is 2.41. The molecule has 0 aliphatic heterocycles. The Hall–Kier alpha value is -1.11. The van der Waals surface area contributed by atoms with Crippen LogP contribution in [0.15, 0.2) is 29.2 Å². The van der Waals surface area contributed by atoms with Gasteiger partial charge >= 0.3 is 0 Å². The molecule has 0 radical (unpaired) electrons. The van der Waals surface area contributed by atoms with Gasteiger partial charge in [-0.2, -0.15) is 0 Å². The van der Waals surface area contributed by atoms with Crippen molar-refractivity contribution in [2.24, 2.45) is 0 Å². The molecule has 0 saturated heterocycles. The van der Waals surface area contributed by atoms with E-state index in [1.54, 1.807) is 25.1 Å². The lowest BCUT2D eigenvalue weighted by Crippen LogP contribution is -2.51. The van der Waals surface area contributed by atoms with Crippen LogP contribution in [0, 0.1) is 5.82 Å². The number of halogens is 1. The van der Waals surface area contributed by atoms with Crippen LogP contribution >= 0.6 is 11.8 Å².